The minimum Gasteiger partial charge on any atom is -0.379 e. The fraction of sp³-hybridized carbons (Fsp3) is 0.469. The average Bonchev–Trinajstić information content (AvgIpc) is 3.45. The largest absolute Gasteiger partial charge is 0.379 e. The van der Waals surface area contributed by atoms with Gasteiger partial charge in [0.25, 0.3) is 0 Å². The molecule has 218 valence electrons. The molecule has 2 fully saturated rings. The van der Waals surface area contributed by atoms with Crippen LogP contribution in [0.15, 0.2) is 48.7 Å². The molecule has 0 radical (unpaired) electrons. The van der Waals surface area contributed by atoms with Crippen LogP contribution in [0.3, 0.4) is 0 Å². The number of amides is 1. The molecule has 5 rings (SSSR count). The summed E-state index contributed by atoms with van der Waals surface area (Å²) < 4.78 is 7.93. The Kier molecular flexibility index (Phi) is 9.37. The van der Waals surface area contributed by atoms with Crippen LogP contribution in [-0.2, 0) is 16.1 Å². The Hall–Kier alpha value is -3.27. The SMILES string of the molecule is Cc1ccc(C)c(NC(=O)CCN2C(=S)NC(c3ccccn3)C2c2cc(C)n(CCCN3CCOCC3)c2C)c1. The van der Waals surface area contributed by atoms with Crippen LogP contribution in [-0.4, -0.2) is 69.8 Å². The number of morpholine rings is 1. The van der Waals surface area contributed by atoms with Gasteiger partial charge in [-0.15, -0.1) is 0 Å². The molecule has 8 nitrogen and oxygen atoms in total. The minimum atomic E-state index is -0.104. The summed E-state index contributed by atoms with van der Waals surface area (Å²) in [5.74, 6) is -0.0184. The number of carbonyl (C=O) groups excluding carboxylic acids is 1. The minimum absolute atomic E-state index is 0.0184. The van der Waals surface area contributed by atoms with Crippen molar-refractivity contribution in [3.8, 4) is 0 Å². The summed E-state index contributed by atoms with van der Waals surface area (Å²) in [7, 11) is 0. The zero-order valence-corrected chi connectivity index (χ0v) is 25.5. The van der Waals surface area contributed by atoms with Crippen LogP contribution >= 0.6 is 12.2 Å². The second-order valence-electron chi connectivity index (χ2n) is 11.2. The van der Waals surface area contributed by atoms with E-state index in [9.17, 15) is 4.79 Å². The highest BCUT2D eigenvalue weighted by atomic mass is 32.1. The third-order valence-electron chi connectivity index (χ3n) is 8.34. The van der Waals surface area contributed by atoms with E-state index in [4.69, 9.17) is 17.0 Å². The van der Waals surface area contributed by atoms with Gasteiger partial charge in [0.1, 0.15) is 0 Å². The maximum absolute atomic E-state index is 13.1. The lowest BCUT2D eigenvalue weighted by atomic mass is 9.96. The maximum Gasteiger partial charge on any atom is 0.226 e. The number of carbonyl (C=O) groups is 1. The van der Waals surface area contributed by atoms with Gasteiger partial charge in [-0.05, 0) is 87.3 Å². The molecule has 0 bridgehead atoms. The molecule has 0 aliphatic carbocycles. The van der Waals surface area contributed by atoms with Gasteiger partial charge in [0, 0.05) is 62.4 Å². The molecular formula is C32H42N6O2S. The van der Waals surface area contributed by atoms with Crippen molar-refractivity contribution in [2.24, 2.45) is 0 Å². The molecule has 2 aromatic heterocycles. The lowest BCUT2D eigenvalue weighted by molar-refractivity contribution is -0.116. The number of nitrogens with zero attached hydrogens (tertiary/aromatic N) is 4. The van der Waals surface area contributed by atoms with Crippen molar-refractivity contribution in [1.82, 2.24) is 24.7 Å². The van der Waals surface area contributed by atoms with E-state index in [2.05, 4.69) is 56.0 Å². The van der Waals surface area contributed by atoms with Crippen LogP contribution in [0.4, 0.5) is 5.69 Å². The average molecular weight is 575 g/mol. The van der Waals surface area contributed by atoms with E-state index in [0.717, 1.165) is 68.3 Å². The second-order valence-corrected chi connectivity index (χ2v) is 11.6. The monoisotopic (exact) mass is 574 g/mol. The summed E-state index contributed by atoms with van der Waals surface area (Å²) >= 11 is 5.87. The molecule has 2 unspecified atom stereocenters. The van der Waals surface area contributed by atoms with Crippen molar-refractivity contribution >= 4 is 28.9 Å². The van der Waals surface area contributed by atoms with E-state index in [1.165, 1.54) is 17.0 Å². The molecule has 3 aromatic rings. The number of ether oxygens (including phenoxy) is 1. The smallest absolute Gasteiger partial charge is 0.226 e. The van der Waals surface area contributed by atoms with Crippen LogP contribution in [0.25, 0.3) is 0 Å². The number of nitrogens with one attached hydrogen (secondary N) is 2. The number of benzene rings is 1. The first-order valence-corrected chi connectivity index (χ1v) is 15.0. The molecule has 2 saturated heterocycles. The summed E-state index contributed by atoms with van der Waals surface area (Å²) in [4.78, 5) is 22.4. The standard InChI is InChI=1S/C32H42N6O2S/c1-22-9-10-23(2)28(20-22)34-29(39)11-15-38-31(30(35-32(38)41)27-8-5-6-12-33-27)26-21-24(3)37(25(26)4)14-7-13-36-16-18-40-19-17-36/h5-6,8-10,12,20-21,30-31H,7,11,13-19H2,1-4H3,(H,34,39)(H,35,41). The Morgan fingerprint density at radius 1 is 1.07 bits per heavy atom. The van der Waals surface area contributed by atoms with Crippen molar-refractivity contribution in [2.75, 3.05) is 44.7 Å². The molecule has 2 atom stereocenters. The third-order valence-corrected chi connectivity index (χ3v) is 8.69. The highest BCUT2D eigenvalue weighted by molar-refractivity contribution is 7.80. The van der Waals surface area contributed by atoms with Gasteiger partial charge in [-0.2, -0.15) is 0 Å². The number of aromatic nitrogens is 2. The number of pyridine rings is 1. The van der Waals surface area contributed by atoms with E-state index in [0.29, 0.717) is 18.1 Å². The van der Waals surface area contributed by atoms with Crippen molar-refractivity contribution in [1.29, 1.82) is 0 Å². The lowest BCUT2D eigenvalue weighted by Gasteiger charge is -2.28. The van der Waals surface area contributed by atoms with E-state index < -0.39 is 0 Å². The van der Waals surface area contributed by atoms with Gasteiger partial charge >= 0.3 is 0 Å². The Balaban J connectivity index is 1.35. The van der Waals surface area contributed by atoms with Gasteiger partial charge in [-0.3, -0.25) is 14.7 Å². The molecule has 0 saturated carbocycles. The van der Waals surface area contributed by atoms with Gasteiger partial charge in [0.05, 0.1) is 31.0 Å². The molecule has 1 amide bonds. The fourth-order valence-corrected chi connectivity index (χ4v) is 6.37. The predicted octanol–water partition coefficient (Wildman–Crippen LogP) is 4.84. The van der Waals surface area contributed by atoms with Crippen molar-refractivity contribution < 1.29 is 9.53 Å². The molecule has 4 heterocycles. The van der Waals surface area contributed by atoms with E-state index in [1.807, 2.05) is 50.4 Å². The molecular weight excluding hydrogens is 532 g/mol. The fourth-order valence-electron chi connectivity index (χ4n) is 6.04. The quantitative estimate of drug-likeness (QED) is 0.336. The third kappa shape index (κ3) is 6.80. The molecule has 1 aromatic carbocycles. The van der Waals surface area contributed by atoms with Gasteiger partial charge in [0.15, 0.2) is 5.11 Å². The van der Waals surface area contributed by atoms with Crippen LogP contribution in [0.5, 0.6) is 0 Å². The Morgan fingerprint density at radius 2 is 1.88 bits per heavy atom. The number of hydrogen-bond donors (Lipinski definition) is 2. The summed E-state index contributed by atoms with van der Waals surface area (Å²) in [6, 6.07) is 14.2. The normalized spacial score (nSPS) is 19.4. The predicted molar refractivity (Wildman–Crippen MR) is 167 cm³/mol. The summed E-state index contributed by atoms with van der Waals surface area (Å²) in [6.45, 7) is 14.7. The molecule has 2 N–H and O–H groups in total. The second kappa shape index (κ2) is 13.1. The van der Waals surface area contributed by atoms with Gasteiger partial charge in [-0.25, -0.2) is 0 Å². The Labute approximate surface area is 249 Å². The first-order valence-electron chi connectivity index (χ1n) is 14.6. The number of aryl methyl sites for hydroxylation is 3. The number of anilines is 1. The van der Waals surface area contributed by atoms with Crippen LogP contribution in [0.2, 0.25) is 0 Å². The first-order chi connectivity index (χ1) is 19.8. The first kappa shape index (κ1) is 29.2. The van der Waals surface area contributed by atoms with Crippen molar-refractivity contribution in [3.05, 3.63) is 82.4 Å². The van der Waals surface area contributed by atoms with Crippen LogP contribution in [0.1, 0.15) is 58.7 Å². The van der Waals surface area contributed by atoms with Gasteiger partial charge in [0.2, 0.25) is 5.91 Å². The Morgan fingerprint density at radius 3 is 2.63 bits per heavy atom. The lowest BCUT2D eigenvalue weighted by Crippen LogP contribution is -2.37. The van der Waals surface area contributed by atoms with E-state index in [-0.39, 0.29) is 18.0 Å². The maximum atomic E-state index is 13.1. The molecule has 2 aliphatic heterocycles. The van der Waals surface area contributed by atoms with Crippen molar-refractivity contribution in [2.45, 2.75) is 59.2 Å². The van der Waals surface area contributed by atoms with E-state index in [1.54, 1.807) is 0 Å². The van der Waals surface area contributed by atoms with E-state index >= 15 is 0 Å². The zero-order chi connectivity index (χ0) is 28.9. The summed E-state index contributed by atoms with van der Waals surface area (Å²) in [6.07, 6.45) is 3.24. The highest BCUT2D eigenvalue weighted by Gasteiger charge is 2.41. The Bertz CT molecular complexity index is 1370. The van der Waals surface area contributed by atoms with Crippen LogP contribution < -0.4 is 10.6 Å². The zero-order valence-electron chi connectivity index (χ0n) is 24.7. The molecule has 0 spiro atoms. The van der Waals surface area contributed by atoms with Crippen molar-refractivity contribution in [3.63, 3.8) is 0 Å². The number of thiocarbonyl (C=S) groups is 1. The topological polar surface area (TPSA) is 74.7 Å². The number of hydrogen-bond acceptors (Lipinski definition) is 5. The molecule has 41 heavy (non-hydrogen) atoms. The molecule has 9 heteroatoms. The van der Waals surface area contributed by atoms with Gasteiger partial charge < -0.3 is 24.8 Å². The summed E-state index contributed by atoms with van der Waals surface area (Å²) in [5.41, 5.74) is 7.69. The molecule has 2 aliphatic rings. The highest BCUT2D eigenvalue weighted by Crippen LogP contribution is 2.41. The van der Waals surface area contributed by atoms with Gasteiger partial charge in [-0.1, -0.05) is 18.2 Å². The summed E-state index contributed by atoms with van der Waals surface area (Å²) in [5, 5.41) is 7.30. The number of rotatable bonds is 10. The van der Waals surface area contributed by atoms with Crippen LogP contribution in [0, 0.1) is 27.7 Å².